The van der Waals surface area contributed by atoms with E-state index in [9.17, 15) is 4.79 Å². The van der Waals surface area contributed by atoms with Crippen LogP contribution in [0.4, 0.5) is 0 Å². The van der Waals surface area contributed by atoms with E-state index in [2.05, 4.69) is 0 Å². The molecule has 0 aromatic heterocycles. The number of allylic oxidation sites excluding steroid dienone is 2. The minimum Gasteiger partial charge on any atom is -0.454 e. The van der Waals surface area contributed by atoms with Crippen LogP contribution in [0, 0.1) is 0 Å². The largest absolute Gasteiger partial charge is 0.454 e. The van der Waals surface area contributed by atoms with Crippen LogP contribution in [0.15, 0.2) is 30.4 Å². The molecule has 1 aliphatic rings. The molecule has 0 N–H and O–H groups in total. The molecule has 3 heteroatoms. The van der Waals surface area contributed by atoms with Gasteiger partial charge in [0.1, 0.15) is 6.29 Å². The summed E-state index contributed by atoms with van der Waals surface area (Å²) in [6, 6.07) is 5.77. The monoisotopic (exact) mass is 190 g/mol. The molecule has 14 heavy (non-hydrogen) atoms. The van der Waals surface area contributed by atoms with Gasteiger partial charge in [-0.3, -0.25) is 4.79 Å². The Labute approximate surface area is 81.9 Å². The number of aldehydes is 1. The molecule has 0 saturated carbocycles. The zero-order valence-electron chi connectivity index (χ0n) is 7.60. The Kier molecular flexibility index (Phi) is 2.49. The molecule has 0 fully saturated rings. The number of carbonyl (C=O) groups excluding carboxylic acids is 1. The molecular formula is C11H10O3. The number of rotatable bonds is 3. The predicted molar refractivity (Wildman–Crippen MR) is 51.5 cm³/mol. The van der Waals surface area contributed by atoms with Crippen LogP contribution in [0.5, 0.6) is 11.5 Å². The fourth-order valence-corrected chi connectivity index (χ4v) is 1.33. The molecule has 1 aromatic rings. The summed E-state index contributed by atoms with van der Waals surface area (Å²) in [5.74, 6) is 1.56. The Morgan fingerprint density at radius 1 is 1.29 bits per heavy atom. The number of ether oxygens (including phenoxy) is 2. The summed E-state index contributed by atoms with van der Waals surface area (Å²) in [6.45, 7) is 0.295. The van der Waals surface area contributed by atoms with Gasteiger partial charge < -0.3 is 9.47 Å². The van der Waals surface area contributed by atoms with Crippen molar-refractivity contribution in [2.45, 2.75) is 6.42 Å². The van der Waals surface area contributed by atoms with Gasteiger partial charge in [0.2, 0.25) is 6.79 Å². The number of hydrogen-bond donors (Lipinski definition) is 0. The molecule has 0 amide bonds. The number of carbonyl (C=O) groups is 1. The first-order chi connectivity index (χ1) is 6.90. The molecule has 1 heterocycles. The standard InChI is InChI=1S/C11H10O3/c12-6-2-1-3-9-4-5-10-11(7-9)14-8-13-10/h1-2,4-7H,3,8H2/b2-1-. The van der Waals surface area contributed by atoms with Crippen molar-refractivity contribution in [2.75, 3.05) is 6.79 Å². The Balaban J connectivity index is 2.12. The molecule has 72 valence electrons. The second-order valence-electron chi connectivity index (χ2n) is 2.96. The Hall–Kier alpha value is -1.77. The first kappa shape index (κ1) is 8.81. The molecule has 0 atom stereocenters. The minimum absolute atomic E-state index is 0.295. The van der Waals surface area contributed by atoms with Gasteiger partial charge in [-0.2, -0.15) is 0 Å². The Bertz CT molecular complexity index is 369. The van der Waals surface area contributed by atoms with E-state index in [0.717, 1.165) is 29.8 Å². The molecule has 1 aliphatic heterocycles. The Morgan fingerprint density at radius 2 is 2.14 bits per heavy atom. The van der Waals surface area contributed by atoms with Crippen molar-refractivity contribution < 1.29 is 14.3 Å². The quantitative estimate of drug-likeness (QED) is 0.537. The van der Waals surface area contributed by atoms with Crippen molar-refractivity contribution in [3.8, 4) is 11.5 Å². The van der Waals surface area contributed by atoms with Crippen LogP contribution in [0.25, 0.3) is 0 Å². The maximum absolute atomic E-state index is 10.1. The summed E-state index contributed by atoms with van der Waals surface area (Å²) in [5.41, 5.74) is 1.10. The smallest absolute Gasteiger partial charge is 0.231 e. The molecule has 2 rings (SSSR count). The lowest BCUT2D eigenvalue weighted by Crippen LogP contribution is -1.92. The van der Waals surface area contributed by atoms with E-state index < -0.39 is 0 Å². The maximum atomic E-state index is 10.1. The first-order valence-corrected chi connectivity index (χ1v) is 4.39. The summed E-state index contributed by atoms with van der Waals surface area (Å²) in [4.78, 5) is 10.1. The van der Waals surface area contributed by atoms with Gasteiger partial charge in [0.15, 0.2) is 11.5 Å². The third kappa shape index (κ3) is 1.76. The van der Waals surface area contributed by atoms with E-state index in [4.69, 9.17) is 9.47 Å². The fourth-order valence-electron chi connectivity index (χ4n) is 1.33. The van der Waals surface area contributed by atoms with Crippen molar-refractivity contribution in [3.05, 3.63) is 35.9 Å². The highest BCUT2D eigenvalue weighted by Gasteiger charge is 2.12. The van der Waals surface area contributed by atoms with Crippen molar-refractivity contribution in [3.63, 3.8) is 0 Å². The summed E-state index contributed by atoms with van der Waals surface area (Å²) in [7, 11) is 0. The summed E-state index contributed by atoms with van der Waals surface area (Å²) in [6.07, 6.45) is 4.80. The van der Waals surface area contributed by atoms with Gasteiger partial charge in [0, 0.05) is 0 Å². The van der Waals surface area contributed by atoms with Crippen LogP contribution < -0.4 is 9.47 Å². The maximum Gasteiger partial charge on any atom is 0.231 e. The normalized spacial score (nSPS) is 13.4. The summed E-state index contributed by atoms with van der Waals surface area (Å²) >= 11 is 0. The molecule has 0 radical (unpaired) electrons. The molecule has 0 aliphatic carbocycles. The number of fused-ring (bicyclic) bond motifs is 1. The van der Waals surface area contributed by atoms with E-state index in [-0.39, 0.29) is 0 Å². The second kappa shape index (κ2) is 3.96. The van der Waals surface area contributed by atoms with Gasteiger partial charge in [0.25, 0.3) is 0 Å². The van der Waals surface area contributed by atoms with Crippen molar-refractivity contribution in [2.24, 2.45) is 0 Å². The Morgan fingerprint density at radius 3 is 3.00 bits per heavy atom. The first-order valence-electron chi connectivity index (χ1n) is 4.39. The summed E-state index contributed by atoms with van der Waals surface area (Å²) in [5, 5.41) is 0. The molecule has 0 unspecified atom stereocenters. The van der Waals surface area contributed by atoms with Crippen LogP contribution in [-0.4, -0.2) is 13.1 Å². The van der Waals surface area contributed by atoms with Gasteiger partial charge in [-0.15, -0.1) is 0 Å². The highest BCUT2D eigenvalue weighted by Crippen LogP contribution is 2.32. The van der Waals surface area contributed by atoms with E-state index in [0.29, 0.717) is 6.79 Å². The van der Waals surface area contributed by atoms with Crippen molar-refractivity contribution in [1.29, 1.82) is 0 Å². The zero-order valence-corrected chi connectivity index (χ0v) is 7.60. The van der Waals surface area contributed by atoms with E-state index in [1.165, 1.54) is 6.08 Å². The van der Waals surface area contributed by atoms with Gasteiger partial charge in [-0.1, -0.05) is 12.1 Å². The highest BCUT2D eigenvalue weighted by atomic mass is 16.7. The lowest BCUT2D eigenvalue weighted by Gasteiger charge is -1.98. The van der Waals surface area contributed by atoms with E-state index in [1.807, 2.05) is 24.3 Å². The van der Waals surface area contributed by atoms with Crippen LogP contribution in [0.1, 0.15) is 5.56 Å². The molecule has 1 aromatic carbocycles. The average Bonchev–Trinajstić information content (AvgIpc) is 2.65. The second-order valence-corrected chi connectivity index (χ2v) is 2.96. The third-order valence-corrected chi connectivity index (χ3v) is 2.01. The van der Waals surface area contributed by atoms with Crippen molar-refractivity contribution >= 4 is 6.29 Å². The third-order valence-electron chi connectivity index (χ3n) is 2.01. The number of benzene rings is 1. The minimum atomic E-state index is 0.295. The average molecular weight is 190 g/mol. The SMILES string of the molecule is O=C/C=C\Cc1ccc2c(c1)OCO2. The summed E-state index contributed by atoms with van der Waals surface area (Å²) < 4.78 is 10.4. The molecule has 0 spiro atoms. The van der Waals surface area contributed by atoms with Crippen LogP contribution in [0.3, 0.4) is 0 Å². The zero-order chi connectivity index (χ0) is 9.80. The van der Waals surface area contributed by atoms with Crippen LogP contribution in [-0.2, 0) is 11.2 Å². The molecular weight excluding hydrogens is 180 g/mol. The van der Waals surface area contributed by atoms with Crippen LogP contribution >= 0.6 is 0 Å². The number of hydrogen-bond acceptors (Lipinski definition) is 3. The molecule has 0 bridgehead atoms. The van der Waals surface area contributed by atoms with Gasteiger partial charge in [-0.05, 0) is 30.2 Å². The van der Waals surface area contributed by atoms with Crippen LogP contribution in [0.2, 0.25) is 0 Å². The topological polar surface area (TPSA) is 35.5 Å². The molecule has 3 nitrogen and oxygen atoms in total. The predicted octanol–water partition coefficient (Wildman–Crippen LogP) is 1.71. The molecule has 0 saturated heterocycles. The van der Waals surface area contributed by atoms with Gasteiger partial charge in [-0.25, -0.2) is 0 Å². The van der Waals surface area contributed by atoms with Crippen molar-refractivity contribution in [1.82, 2.24) is 0 Å². The van der Waals surface area contributed by atoms with E-state index in [1.54, 1.807) is 0 Å². The van der Waals surface area contributed by atoms with Gasteiger partial charge in [0.05, 0.1) is 0 Å². The van der Waals surface area contributed by atoms with Gasteiger partial charge >= 0.3 is 0 Å². The van der Waals surface area contributed by atoms with E-state index >= 15 is 0 Å². The fraction of sp³-hybridized carbons (Fsp3) is 0.182. The lowest BCUT2D eigenvalue weighted by molar-refractivity contribution is -0.104. The highest BCUT2D eigenvalue weighted by molar-refractivity contribution is 5.64. The lowest BCUT2D eigenvalue weighted by atomic mass is 10.1.